The van der Waals surface area contributed by atoms with Crippen LogP contribution < -0.4 is 0 Å². The third-order valence-corrected chi connectivity index (χ3v) is 4.00. The van der Waals surface area contributed by atoms with Crippen LogP contribution in [0, 0.1) is 0 Å². The predicted octanol–water partition coefficient (Wildman–Crippen LogP) is 5.34. The number of nitrogens with zero attached hydrogens (tertiary/aromatic N) is 2. The third-order valence-electron chi connectivity index (χ3n) is 2.95. The highest BCUT2D eigenvalue weighted by atomic mass is 79.9. The topological polar surface area (TPSA) is 25.8 Å². The van der Waals surface area contributed by atoms with E-state index < -0.39 is 0 Å². The first-order chi connectivity index (χ1) is 9.72. The fourth-order valence-electron chi connectivity index (χ4n) is 1.91. The van der Waals surface area contributed by atoms with Gasteiger partial charge in [-0.3, -0.25) is 0 Å². The van der Waals surface area contributed by atoms with Gasteiger partial charge in [-0.25, -0.2) is 9.97 Å². The molecule has 4 heteroatoms. The van der Waals surface area contributed by atoms with Crippen molar-refractivity contribution in [1.29, 1.82) is 0 Å². The standard InChI is InChI=1S/C16H10Br2N2/c17-13-5-1-11(2-6-13)15-9-16(20-10-19-15)12-3-7-14(18)8-4-12/h1-10H. The van der Waals surface area contributed by atoms with E-state index in [9.17, 15) is 0 Å². The van der Waals surface area contributed by atoms with Crippen LogP contribution in [0.5, 0.6) is 0 Å². The van der Waals surface area contributed by atoms with E-state index >= 15 is 0 Å². The summed E-state index contributed by atoms with van der Waals surface area (Å²) in [5, 5.41) is 0. The monoisotopic (exact) mass is 388 g/mol. The van der Waals surface area contributed by atoms with Crippen LogP contribution >= 0.6 is 31.9 Å². The maximum Gasteiger partial charge on any atom is 0.116 e. The van der Waals surface area contributed by atoms with Crippen molar-refractivity contribution in [3.8, 4) is 22.5 Å². The molecule has 0 radical (unpaired) electrons. The summed E-state index contributed by atoms with van der Waals surface area (Å²) in [5.74, 6) is 0. The van der Waals surface area contributed by atoms with Gasteiger partial charge in [0.25, 0.3) is 0 Å². The highest BCUT2D eigenvalue weighted by molar-refractivity contribution is 9.10. The zero-order valence-corrected chi connectivity index (χ0v) is 13.6. The van der Waals surface area contributed by atoms with Crippen LogP contribution in [0.25, 0.3) is 22.5 Å². The van der Waals surface area contributed by atoms with Gasteiger partial charge in [0, 0.05) is 20.1 Å². The fourth-order valence-corrected chi connectivity index (χ4v) is 2.44. The maximum atomic E-state index is 4.35. The molecule has 0 aliphatic carbocycles. The molecular formula is C16H10Br2N2. The summed E-state index contributed by atoms with van der Waals surface area (Å²) in [6.45, 7) is 0. The molecule has 0 fully saturated rings. The Hall–Kier alpha value is -1.52. The Labute approximate surface area is 134 Å². The molecule has 0 N–H and O–H groups in total. The van der Waals surface area contributed by atoms with Crippen molar-refractivity contribution < 1.29 is 0 Å². The lowest BCUT2D eigenvalue weighted by Gasteiger charge is -2.04. The van der Waals surface area contributed by atoms with Crippen LogP contribution in [-0.4, -0.2) is 9.97 Å². The maximum absolute atomic E-state index is 4.35. The molecule has 0 aliphatic rings. The van der Waals surface area contributed by atoms with Gasteiger partial charge in [0.15, 0.2) is 0 Å². The van der Waals surface area contributed by atoms with E-state index in [2.05, 4.69) is 41.8 Å². The number of hydrogen-bond donors (Lipinski definition) is 0. The van der Waals surface area contributed by atoms with E-state index in [0.29, 0.717) is 0 Å². The first kappa shape index (κ1) is 13.5. The van der Waals surface area contributed by atoms with Gasteiger partial charge in [0.2, 0.25) is 0 Å². The Kier molecular flexibility index (Phi) is 3.94. The molecule has 0 saturated carbocycles. The predicted molar refractivity (Wildman–Crippen MR) is 88.3 cm³/mol. The van der Waals surface area contributed by atoms with Crippen molar-refractivity contribution in [2.75, 3.05) is 0 Å². The van der Waals surface area contributed by atoms with Crippen LogP contribution in [0.4, 0.5) is 0 Å². The Morgan fingerprint density at radius 3 is 1.40 bits per heavy atom. The first-order valence-electron chi connectivity index (χ1n) is 6.06. The Morgan fingerprint density at radius 1 is 0.600 bits per heavy atom. The molecule has 20 heavy (non-hydrogen) atoms. The van der Waals surface area contributed by atoms with Crippen molar-refractivity contribution in [1.82, 2.24) is 9.97 Å². The number of hydrogen-bond acceptors (Lipinski definition) is 2. The summed E-state index contributed by atoms with van der Waals surface area (Å²) in [7, 11) is 0. The van der Waals surface area contributed by atoms with E-state index in [1.807, 2.05) is 54.6 Å². The lowest BCUT2D eigenvalue weighted by molar-refractivity contribution is 1.18. The second kappa shape index (κ2) is 5.85. The second-order valence-corrected chi connectivity index (χ2v) is 6.13. The Bertz CT molecular complexity index is 661. The van der Waals surface area contributed by atoms with Crippen LogP contribution in [0.1, 0.15) is 0 Å². The average Bonchev–Trinajstić information content (AvgIpc) is 2.49. The molecule has 98 valence electrons. The number of halogens is 2. The molecule has 0 bridgehead atoms. The van der Waals surface area contributed by atoms with Crippen LogP contribution in [-0.2, 0) is 0 Å². The van der Waals surface area contributed by atoms with Crippen LogP contribution in [0.2, 0.25) is 0 Å². The molecule has 1 aromatic heterocycles. The molecule has 3 aromatic rings. The molecule has 3 rings (SSSR count). The summed E-state index contributed by atoms with van der Waals surface area (Å²) in [4.78, 5) is 8.69. The molecule has 2 aromatic carbocycles. The van der Waals surface area contributed by atoms with Crippen molar-refractivity contribution in [3.63, 3.8) is 0 Å². The van der Waals surface area contributed by atoms with Gasteiger partial charge < -0.3 is 0 Å². The fraction of sp³-hybridized carbons (Fsp3) is 0. The van der Waals surface area contributed by atoms with Crippen molar-refractivity contribution in [2.24, 2.45) is 0 Å². The van der Waals surface area contributed by atoms with E-state index in [1.165, 1.54) is 0 Å². The van der Waals surface area contributed by atoms with Gasteiger partial charge in [-0.1, -0.05) is 56.1 Å². The van der Waals surface area contributed by atoms with E-state index in [0.717, 1.165) is 31.5 Å². The van der Waals surface area contributed by atoms with Gasteiger partial charge in [-0.05, 0) is 30.3 Å². The first-order valence-corrected chi connectivity index (χ1v) is 7.65. The van der Waals surface area contributed by atoms with Crippen LogP contribution in [0.15, 0.2) is 69.9 Å². The SMILES string of the molecule is Brc1ccc(-c2cc(-c3ccc(Br)cc3)ncn2)cc1. The summed E-state index contributed by atoms with van der Waals surface area (Å²) >= 11 is 6.88. The number of rotatable bonds is 2. The lowest BCUT2D eigenvalue weighted by Crippen LogP contribution is -1.89. The molecule has 0 unspecified atom stereocenters. The Morgan fingerprint density at radius 2 is 1.00 bits per heavy atom. The molecule has 1 heterocycles. The quantitative estimate of drug-likeness (QED) is 0.591. The highest BCUT2D eigenvalue weighted by Crippen LogP contribution is 2.24. The van der Waals surface area contributed by atoms with Gasteiger partial charge in [-0.2, -0.15) is 0 Å². The van der Waals surface area contributed by atoms with Gasteiger partial charge >= 0.3 is 0 Å². The lowest BCUT2D eigenvalue weighted by atomic mass is 10.1. The molecule has 0 amide bonds. The molecule has 0 aliphatic heterocycles. The van der Waals surface area contributed by atoms with Gasteiger partial charge in [0.1, 0.15) is 6.33 Å². The molecule has 0 saturated heterocycles. The summed E-state index contributed by atoms with van der Waals surface area (Å²) in [6, 6.07) is 18.2. The minimum Gasteiger partial charge on any atom is -0.236 e. The van der Waals surface area contributed by atoms with Crippen molar-refractivity contribution in [2.45, 2.75) is 0 Å². The number of aromatic nitrogens is 2. The summed E-state index contributed by atoms with van der Waals surface area (Å²) in [6.07, 6.45) is 1.61. The van der Waals surface area contributed by atoms with Crippen molar-refractivity contribution >= 4 is 31.9 Å². The van der Waals surface area contributed by atoms with Crippen LogP contribution in [0.3, 0.4) is 0 Å². The largest absolute Gasteiger partial charge is 0.236 e. The smallest absolute Gasteiger partial charge is 0.116 e. The van der Waals surface area contributed by atoms with Crippen molar-refractivity contribution in [3.05, 3.63) is 69.9 Å². The minimum atomic E-state index is 0.922. The van der Waals surface area contributed by atoms with E-state index in [1.54, 1.807) is 6.33 Å². The normalized spacial score (nSPS) is 10.5. The van der Waals surface area contributed by atoms with Gasteiger partial charge in [0.05, 0.1) is 11.4 Å². The third kappa shape index (κ3) is 2.97. The minimum absolute atomic E-state index is 0.922. The molecule has 2 nitrogen and oxygen atoms in total. The van der Waals surface area contributed by atoms with E-state index in [4.69, 9.17) is 0 Å². The molecule has 0 spiro atoms. The zero-order chi connectivity index (χ0) is 13.9. The highest BCUT2D eigenvalue weighted by Gasteiger charge is 2.04. The summed E-state index contributed by atoms with van der Waals surface area (Å²) in [5.41, 5.74) is 4.00. The summed E-state index contributed by atoms with van der Waals surface area (Å²) < 4.78 is 2.12. The van der Waals surface area contributed by atoms with Gasteiger partial charge in [-0.15, -0.1) is 0 Å². The number of benzene rings is 2. The van der Waals surface area contributed by atoms with E-state index in [-0.39, 0.29) is 0 Å². The molecule has 0 atom stereocenters. The Balaban J connectivity index is 2.01. The second-order valence-electron chi connectivity index (χ2n) is 4.30. The molecular weight excluding hydrogens is 380 g/mol. The average molecular weight is 390 g/mol. The zero-order valence-electron chi connectivity index (χ0n) is 10.4.